The van der Waals surface area contributed by atoms with Gasteiger partial charge in [0.1, 0.15) is 30.1 Å². The van der Waals surface area contributed by atoms with E-state index in [-0.39, 0.29) is 6.61 Å². The molecule has 0 saturated carbocycles. The fourth-order valence-electron chi connectivity index (χ4n) is 5.35. The lowest BCUT2D eigenvalue weighted by atomic mass is 10.0. The summed E-state index contributed by atoms with van der Waals surface area (Å²) in [4.78, 5) is 0. The highest BCUT2D eigenvalue weighted by molar-refractivity contribution is 5.48. The Balaban J connectivity index is 1.09. The Morgan fingerprint density at radius 3 is 1.18 bits per heavy atom. The van der Waals surface area contributed by atoms with Gasteiger partial charge in [-0.25, -0.2) is 5.43 Å². The van der Waals surface area contributed by atoms with Crippen molar-refractivity contribution in [2.45, 2.75) is 45.1 Å². The van der Waals surface area contributed by atoms with Gasteiger partial charge in [0.05, 0.1) is 138 Å². The first kappa shape index (κ1) is 52.7. The predicted molar refractivity (Wildman–Crippen MR) is 235 cm³/mol. The molecular formula is C45H71N3O14. The molecule has 0 amide bonds. The zero-order valence-corrected chi connectivity index (χ0v) is 36.7. The van der Waals surface area contributed by atoms with Gasteiger partial charge in [-0.15, -0.1) is 0 Å². The molecule has 3 aromatic rings. The molecule has 3 unspecified atom stereocenters. The Kier molecular flexibility index (Phi) is 29.6. The van der Waals surface area contributed by atoms with Crippen LogP contribution in [0, 0.1) is 0 Å². The SMILES string of the molecule is CC(C)c1ccc(Oc2ccc(NC(O)C(NNc3ccc(OCCOCCOCCOCCOCCOCCOCCOCCOCCOCCO)cc3)C(C)O)cc2)cc1. The molecule has 0 aliphatic heterocycles. The van der Waals surface area contributed by atoms with Crippen molar-refractivity contribution in [3.63, 3.8) is 0 Å². The normalized spacial score (nSPS) is 13.0. The van der Waals surface area contributed by atoms with Crippen molar-refractivity contribution in [3.8, 4) is 17.2 Å². The maximum Gasteiger partial charge on any atom is 0.144 e. The number of benzene rings is 3. The smallest absolute Gasteiger partial charge is 0.144 e. The lowest BCUT2D eigenvalue weighted by molar-refractivity contribution is -0.0258. The monoisotopic (exact) mass is 877 g/mol. The standard InChI is InChI=1S/C45H71N3O14/c1-36(2)38-4-10-42(11-5-38)62-43-14-6-39(7-15-43)46-45(51)44(37(3)50)48-47-40-8-12-41(13-9-40)61-35-34-60-33-32-59-31-30-58-29-28-57-27-26-56-25-24-55-23-22-54-21-20-53-19-18-52-17-16-49/h4-15,36-37,44-51H,16-35H2,1-3H3. The molecule has 350 valence electrons. The van der Waals surface area contributed by atoms with Crippen molar-refractivity contribution in [2.24, 2.45) is 0 Å². The minimum Gasteiger partial charge on any atom is -0.491 e. The van der Waals surface area contributed by atoms with Crippen LogP contribution in [-0.2, 0) is 42.6 Å². The summed E-state index contributed by atoms with van der Waals surface area (Å²) in [6, 6.07) is 21.8. The van der Waals surface area contributed by atoms with Crippen LogP contribution < -0.4 is 25.6 Å². The van der Waals surface area contributed by atoms with E-state index in [2.05, 4.69) is 42.1 Å². The molecule has 17 heteroatoms. The first-order valence-corrected chi connectivity index (χ1v) is 21.4. The number of nitrogens with one attached hydrogen (secondary N) is 3. The van der Waals surface area contributed by atoms with Gasteiger partial charge >= 0.3 is 0 Å². The predicted octanol–water partition coefficient (Wildman–Crippen LogP) is 4.22. The Morgan fingerprint density at radius 1 is 0.435 bits per heavy atom. The number of aliphatic hydroxyl groups excluding tert-OH is 3. The molecule has 0 radical (unpaired) electrons. The Bertz CT molecular complexity index is 1470. The molecule has 3 aromatic carbocycles. The number of hydrazine groups is 1. The van der Waals surface area contributed by atoms with E-state index in [9.17, 15) is 10.2 Å². The zero-order chi connectivity index (χ0) is 44.3. The van der Waals surface area contributed by atoms with Gasteiger partial charge in [0, 0.05) is 11.4 Å². The first-order chi connectivity index (χ1) is 30.4. The van der Waals surface area contributed by atoms with Crippen molar-refractivity contribution in [1.82, 2.24) is 5.43 Å². The number of rotatable bonds is 40. The second-order valence-electron chi connectivity index (χ2n) is 14.1. The Labute approximate surface area is 367 Å². The molecule has 3 atom stereocenters. The summed E-state index contributed by atoms with van der Waals surface area (Å²) in [5.41, 5.74) is 8.70. The molecule has 0 aliphatic rings. The van der Waals surface area contributed by atoms with Crippen LogP contribution in [-0.4, -0.2) is 166 Å². The van der Waals surface area contributed by atoms with E-state index in [1.165, 1.54) is 5.56 Å². The van der Waals surface area contributed by atoms with Crippen LogP contribution in [0.1, 0.15) is 32.3 Å². The van der Waals surface area contributed by atoms with Crippen molar-refractivity contribution < 1.29 is 67.4 Å². The van der Waals surface area contributed by atoms with Gasteiger partial charge in [0.15, 0.2) is 0 Å². The summed E-state index contributed by atoms with van der Waals surface area (Å²) in [5, 5.41) is 32.9. The summed E-state index contributed by atoms with van der Waals surface area (Å²) in [6.45, 7) is 14.7. The molecule has 0 bridgehead atoms. The fraction of sp³-hybridized carbons (Fsp3) is 0.600. The molecule has 0 fully saturated rings. The van der Waals surface area contributed by atoms with E-state index < -0.39 is 18.4 Å². The van der Waals surface area contributed by atoms with E-state index in [0.29, 0.717) is 149 Å². The maximum atomic E-state index is 10.9. The number of anilines is 2. The fourth-order valence-corrected chi connectivity index (χ4v) is 5.35. The molecule has 3 rings (SSSR count). The molecule has 17 nitrogen and oxygen atoms in total. The van der Waals surface area contributed by atoms with E-state index in [1.54, 1.807) is 6.92 Å². The lowest BCUT2D eigenvalue weighted by Crippen LogP contribution is -2.52. The largest absolute Gasteiger partial charge is 0.491 e. The second-order valence-corrected chi connectivity index (χ2v) is 14.1. The molecule has 6 N–H and O–H groups in total. The summed E-state index contributed by atoms with van der Waals surface area (Å²) >= 11 is 0. The van der Waals surface area contributed by atoms with Crippen LogP contribution >= 0.6 is 0 Å². The van der Waals surface area contributed by atoms with Gasteiger partial charge in [0.2, 0.25) is 0 Å². The van der Waals surface area contributed by atoms with Crippen LogP contribution in [0.15, 0.2) is 72.8 Å². The van der Waals surface area contributed by atoms with Crippen molar-refractivity contribution in [3.05, 3.63) is 78.4 Å². The van der Waals surface area contributed by atoms with Gasteiger partial charge in [-0.1, -0.05) is 26.0 Å². The quantitative estimate of drug-likeness (QED) is 0.0270. The third-order valence-electron chi connectivity index (χ3n) is 8.76. The van der Waals surface area contributed by atoms with Crippen molar-refractivity contribution in [1.29, 1.82) is 0 Å². The molecule has 0 aliphatic carbocycles. The van der Waals surface area contributed by atoms with Gasteiger partial charge < -0.3 is 78.2 Å². The minimum absolute atomic E-state index is 0.0165. The molecule has 62 heavy (non-hydrogen) atoms. The van der Waals surface area contributed by atoms with E-state index >= 15 is 0 Å². The van der Waals surface area contributed by atoms with E-state index in [0.717, 1.165) is 11.4 Å². The average Bonchev–Trinajstić information content (AvgIpc) is 3.27. The average molecular weight is 878 g/mol. The maximum absolute atomic E-state index is 10.9. The molecular weight excluding hydrogens is 807 g/mol. The highest BCUT2D eigenvalue weighted by atomic mass is 16.6. The lowest BCUT2D eigenvalue weighted by Gasteiger charge is -2.28. The summed E-state index contributed by atoms with van der Waals surface area (Å²) in [5.74, 6) is 2.55. The molecule has 0 saturated heterocycles. The third-order valence-corrected chi connectivity index (χ3v) is 8.76. The molecule has 0 heterocycles. The van der Waals surface area contributed by atoms with Gasteiger partial charge in [-0.3, -0.25) is 0 Å². The minimum atomic E-state index is -1.10. The third kappa shape index (κ3) is 25.4. The highest BCUT2D eigenvalue weighted by Crippen LogP contribution is 2.25. The van der Waals surface area contributed by atoms with Crippen LogP contribution in [0.3, 0.4) is 0 Å². The molecule has 0 spiro atoms. The Morgan fingerprint density at radius 2 is 0.790 bits per heavy atom. The summed E-state index contributed by atoms with van der Waals surface area (Å²) in [7, 11) is 0. The van der Waals surface area contributed by atoms with Gasteiger partial charge in [-0.2, -0.15) is 0 Å². The van der Waals surface area contributed by atoms with Crippen LogP contribution in [0.4, 0.5) is 11.4 Å². The van der Waals surface area contributed by atoms with Crippen LogP contribution in [0.25, 0.3) is 0 Å². The van der Waals surface area contributed by atoms with Crippen LogP contribution in [0.5, 0.6) is 17.2 Å². The zero-order valence-electron chi connectivity index (χ0n) is 36.7. The van der Waals surface area contributed by atoms with Crippen molar-refractivity contribution in [2.75, 3.05) is 143 Å². The number of hydrogen-bond donors (Lipinski definition) is 6. The second kappa shape index (κ2) is 34.8. The van der Waals surface area contributed by atoms with Gasteiger partial charge in [0.25, 0.3) is 0 Å². The number of hydrogen-bond acceptors (Lipinski definition) is 17. The Hall–Kier alpha value is -3.66. The van der Waals surface area contributed by atoms with Crippen molar-refractivity contribution >= 4 is 11.4 Å². The van der Waals surface area contributed by atoms with E-state index in [1.807, 2.05) is 60.7 Å². The number of aliphatic hydroxyl groups is 3. The highest BCUT2D eigenvalue weighted by Gasteiger charge is 2.24. The van der Waals surface area contributed by atoms with Gasteiger partial charge in [-0.05, 0) is 79.1 Å². The van der Waals surface area contributed by atoms with E-state index in [4.69, 9.17) is 57.2 Å². The number of ether oxygens (including phenoxy) is 11. The van der Waals surface area contributed by atoms with Crippen LogP contribution in [0.2, 0.25) is 0 Å². The first-order valence-electron chi connectivity index (χ1n) is 21.4. The summed E-state index contributed by atoms with van der Waals surface area (Å²) < 4.78 is 60.7. The topological polar surface area (TPSA) is 198 Å². The molecule has 0 aromatic heterocycles. The summed E-state index contributed by atoms with van der Waals surface area (Å²) in [6.07, 6.45) is -1.98.